The molecule has 4 heteroatoms. The molecular weight excluding hydrogens is 234 g/mol. The first kappa shape index (κ1) is 12.1. The molecule has 3 nitrogen and oxygen atoms in total. The highest BCUT2D eigenvalue weighted by atomic mass is 35.5. The van der Waals surface area contributed by atoms with Crippen LogP contribution in [-0.2, 0) is 5.88 Å². The lowest BCUT2D eigenvalue weighted by molar-refractivity contribution is 0.585. The fourth-order valence-electron chi connectivity index (χ4n) is 1.94. The molecule has 0 fully saturated rings. The molecule has 2 aromatic rings. The van der Waals surface area contributed by atoms with E-state index in [2.05, 4.69) is 47.7 Å². The Morgan fingerprint density at radius 2 is 2.06 bits per heavy atom. The number of hydrogen-bond acceptors (Lipinski definition) is 2. The third kappa shape index (κ3) is 2.34. The largest absolute Gasteiger partial charge is 0.307 e. The maximum Gasteiger partial charge on any atom is 0.164 e. The van der Waals surface area contributed by atoms with Gasteiger partial charge in [0.05, 0.1) is 5.88 Å². The van der Waals surface area contributed by atoms with Gasteiger partial charge in [-0.3, -0.25) is 0 Å². The van der Waals surface area contributed by atoms with Gasteiger partial charge in [0.2, 0.25) is 0 Å². The van der Waals surface area contributed by atoms with Gasteiger partial charge in [0.15, 0.2) is 5.82 Å². The Hall–Kier alpha value is -1.35. The molecule has 0 aliphatic heterocycles. The molecule has 1 heterocycles. The molecule has 0 amide bonds. The Balaban J connectivity index is 2.56. The van der Waals surface area contributed by atoms with E-state index in [4.69, 9.17) is 11.6 Å². The minimum absolute atomic E-state index is 0.300. The number of benzene rings is 1. The molecule has 0 atom stereocenters. The van der Waals surface area contributed by atoms with Crippen LogP contribution in [-0.4, -0.2) is 14.8 Å². The van der Waals surface area contributed by atoms with Gasteiger partial charge in [-0.15, -0.1) is 21.8 Å². The fourth-order valence-corrected chi connectivity index (χ4v) is 2.12. The van der Waals surface area contributed by atoms with Crippen molar-refractivity contribution in [1.82, 2.24) is 14.8 Å². The second-order valence-corrected chi connectivity index (χ2v) is 4.67. The van der Waals surface area contributed by atoms with Gasteiger partial charge >= 0.3 is 0 Å². The zero-order chi connectivity index (χ0) is 12.4. The molecule has 2 rings (SSSR count). The standard InChI is InChI=1S/C13H16ClN3/c1-9(2)17-12(8-14)15-16-13(17)11-6-4-5-10(3)7-11/h4-7,9H,8H2,1-3H3. The molecule has 0 N–H and O–H groups in total. The minimum Gasteiger partial charge on any atom is -0.307 e. The highest BCUT2D eigenvalue weighted by molar-refractivity contribution is 6.16. The van der Waals surface area contributed by atoms with E-state index >= 15 is 0 Å². The molecule has 0 radical (unpaired) electrons. The molecule has 0 aliphatic rings. The third-order valence-corrected chi connectivity index (χ3v) is 2.92. The lowest BCUT2D eigenvalue weighted by Gasteiger charge is -2.13. The van der Waals surface area contributed by atoms with Crippen molar-refractivity contribution in [2.45, 2.75) is 32.7 Å². The fraction of sp³-hybridized carbons (Fsp3) is 0.385. The van der Waals surface area contributed by atoms with E-state index in [1.807, 2.05) is 12.1 Å². The van der Waals surface area contributed by atoms with Crippen molar-refractivity contribution in [3.8, 4) is 11.4 Å². The molecule has 0 aliphatic carbocycles. The van der Waals surface area contributed by atoms with Crippen LogP contribution in [0.4, 0.5) is 0 Å². The molecule has 17 heavy (non-hydrogen) atoms. The van der Waals surface area contributed by atoms with Crippen LogP contribution in [0.3, 0.4) is 0 Å². The van der Waals surface area contributed by atoms with E-state index in [-0.39, 0.29) is 0 Å². The van der Waals surface area contributed by atoms with Crippen LogP contribution < -0.4 is 0 Å². The molecule has 0 saturated heterocycles. The van der Waals surface area contributed by atoms with E-state index < -0.39 is 0 Å². The number of aromatic nitrogens is 3. The van der Waals surface area contributed by atoms with Crippen LogP contribution in [0.1, 0.15) is 31.3 Å². The summed E-state index contributed by atoms with van der Waals surface area (Å²) in [5.74, 6) is 2.09. The number of halogens is 1. The minimum atomic E-state index is 0.300. The highest BCUT2D eigenvalue weighted by Crippen LogP contribution is 2.23. The summed E-state index contributed by atoms with van der Waals surface area (Å²) in [5, 5.41) is 8.39. The van der Waals surface area contributed by atoms with Gasteiger partial charge in [0, 0.05) is 11.6 Å². The van der Waals surface area contributed by atoms with Gasteiger partial charge in [-0.25, -0.2) is 0 Å². The average Bonchev–Trinajstić information content (AvgIpc) is 2.72. The predicted octanol–water partition coefficient (Wildman–Crippen LogP) is 3.57. The lowest BCUT2D eigenvalue weighted by atomic mass is 10.1. The van der Waals surface area contributed by atoms with Crippen LogP contribution in [0, 0.1) is 6.92 Å². The summed E-state index contributed by atoms with van der Waals surface area (Å²) in [4.78, 5) is 0. The number of aryl methyl sites for hydroxylation is 1. The second-order valence-electron chi connectivity index (χ2n) is 4.41. The van der Waals surface area contributed by atoms with Crippen molar-refractivity contribution in [2.75, 3.05) is 0 Å². The summed E-state index contributed by atoms with van der Waals surface area (Å²) in [6.07, 6.45) is 0. The van der Waals surface area contributed by atoms with E-state index in [9.17, 15) is 0 Å². The molecule has 0 unspecified atom stereocenters. The van der Waals surface area contributed by atoms with Gasteiger partial charge in [-0.1, -0.05) is 23.8 Å². The number of nitrogens with zero attached hydrogens (tertiary/aromatic N) is 3. The molecule has 90 valence electrons. The smallest absolute Gasteiger partial charge is 0.164 e. The summed E-state index contributed by atoms with van der Waals surface area (Å²) < 4.78 is 2.09. The van der Waals surface area contributed by atoms with Gasteiger partial charge in [0.25, 0.3) is 0 Å². The quantitative estimate of drug-likeness (QED) is 0.779. The summed E-state index contributed by atoms with van der Waals surface area (Å²) in [5.41, 5.74) is 2.30. The molecule has 1 aromatic carbocycles. The Labute approximate surface area is 106 Å². The van der Waals surface area contributed by atoms with E-state index in [1.54, 1.807) is 0 Å². The second kappa shape index (κ2) is 4.88. The van der Waals surface area contributed by atoms with Gasteiger partial charge < -0.3 is 4.57 Å². The van der Waals surface area contributed by atoms with Gasteiger partial charge in [0.1, 0.15) is 5.82 Å². The predicted molar refractivity (Wildman–Crippen MR) is 70.1 cm³/mol. The molecular formula is C13H16ClN3. The summed E-state index contributed by atoms with van der Waals surface area (Å²) >= 11 is 5.88. The Bertz CT molecular complexity index is 517. The Kier molecular flexibility index (Phi) is 3.48. The Morgan fingerprint density at radius 1 is 1.29 bits per heavy atom. The van der Waals surface area contributed by atoms with Crippen LogP contribution in [0.5, 0.6) is 0 Å². The molecule has 0 saturated carbocycles. The average molecular weight is 250 g/mol. The number of rotatable bonds is 3. The SMILES string of the molecule is Cc1cccc(-c2nnc(CCl)n2C(C)C)c1. The maximum atomic E-state index is 5.88. The van der Waals surface area contributed by atoms with Crippen LogP contribution in [0.2, 0.25) is 0 Å². The van der Waals surface area contributed by atoms with Crippen molar-refractivity contribution < 1.29 is 0 Å². The van der Waals surface area contributed by atoms with Gasteiger partial charge in [-0.05, 0) is 26.8 Å². The molecule has 0 bridgehead atoms. The number of hydrogen-bond donors (Lipinski definition) is 0. The van der Waals surface area contributed by atoms with E-state index in [0.29, 0.717) is 11.9 Å². The first-order chi connectivity index (χ1) is 8.13. The normalized spacial score (nSPS) is 11.1. The topological polar surface area (TPSA) is 30.7 Å². The van der Waals surface area contributed by atoms with E-state index in [0.717, 1.165) is 17.2 Å². The summed E-state index contributed by atoms with van der Waals surface area (Å²) in [6.45, 7) is 6.29. The van der Waals surface area contributed by atoms with Crippen molar-refractivity contribution >= 4 is 11.6 Å². The zero-order valence-corrected chi connectivity index (χ0v) is 11.1. The summed E-state index contributed by atoms with van der Waals surface area (Å²) in [6, 6.07) is 8.57. The van der Waals surface area contributed by atoms with Crippen molar-refractivity contribution in [3.05, 3.63) is 35.7 Å². The van der Waals surface area contributed by atoms with Crippen LogP contribution >= 0.6 is 11.6 Å². The van der Waals surface area contributed by atoms with Crippen molar-refractivity contribution in [1.29, 1.82) is 0 Å². The third-order valence-electron chi connectivity index (χ3n) is 2.68. The van der Waals surface area contributed by atoms with Crippen molar-refractivity contribution in [2.24, 2.45) is 0 Å². The number of alkyl halides is 1. The van der Waals surface area contributed by atoms with Crippen LogP contribution in [0.25, 0.3) is 11.4 Å². The highest BCUT2D eigenvalue weighted by Gasteiger charge is 2.15. The summed E-state index contributed by atoms with van der Waals surface area (Å²) in [7, 11) is 0. The Morgan fingerprint density at radius 3 is 2.65 bits per heavy atom. The maximum absolute atomic E-state index is 5.88. The first-order valence-corrected chi connectivity index (χ1v) is 6.23. The first-order valence-electron chi connectivity index (χ1n) is 5.70. The monoisotopic (exact) mass is 249 g/mol. The van der Waals surface area contributed by atoms with Crippen molar-refractivity contribution in [3.63, 3.8) is 0 Å². The lowest BCUT2D eigenvalue weighted by Crippen LogP contribution is -2.07. The van der Waals surface area contributed by atoms with Gasteiger partial charge in [-0.2, -0.15) is 0 Å². The van der Waals surface area contributed by atoms with E-state index in [1.165, 1.54) is 5.56 Å². The van der Waals surface area contributed by atoms with Crippen LogP contribution in [0.15, 0.2) is 24.3 Å². The molecule has 0 spiro atoms. The molecule has 1 aromatic heterocycles. The zero-order valence-electron chi connectivity index (χ0n) is 10.3.